The molecule has 0 aliphatic rings. The van der Waals surface area contributed by atoms with Crippen molar-refractivity contribution in [3.63, 3.8) is 0 Å². The second-order valence-corrected chi connectivity index (χ2v) is 5.56. The molecular formula is C13H24N4O. The Kier molecular flexibility index (Phi) is 4.76. The van der Waals surface area contributed by atoms with E-state index in [0.717, 1.165) is 12.1 Å². The quantitative estimate of drug-likeness (QED) is 0.751. The predicted molar refractivity (Wildman–Crippen MR) is 73.5 cm³/mol. The number of aromatic amines is 1. The topological polar surface area (TPSA) is 83.8 Å². The lowest BCUT2D eigenvalue weighted by Crippen LogP contribution is -2.34. The summed E-state index contributed by atoms with van der Waals surface area (Å²) in [6.07, 6.45) is 0.938. The molecule has 102 valence electrons. The number of nitrogens with two attached hydrogens (primary N) is 1. The maximum atomic E-state index is 12.0. The average Bonchev–Trinajstić information content (AvgIpc) is 2.58. The average molecular weight is 252 g/mol. The van der Waals surface area contributed by atoms with E-state index in [1.807, 2.05) is 20.8 Å². The summed E-state index contributed by atoms with van der Waals surface area (Å²) in [6.45, 7) is 10.3. The van der Waals surface area contributed by atoms with E-state index >= 15 is 0 Å². The van der Waals surface area contributed by atoms with Gasteiger partial charge in [0.15, 0.2) is 5.69 Å². The highest BCUT2D eigenvalue weighted by molar-refractivity contribution is 5.97. The molecule has 0 aliphatic carbocycles. The maximum absolute atomic E-state index is 12.0. The molecule has 0 aliphatic heterocycles. The lowest BCUT2D eigenvalue weighted by atomic mass is 10.0. The van der Waals surface area contributed by atoms with Crippen molar-refractivity contribution in [3.05, 3.63) is 11.4 Å². The predicted octanol–water partition coefficient (Wildman–Crippen LogP) is 2.28. The molecule has 18 heavy (non-hydrogen) atoms. The van der Waals surface area contributed by atoms with E-state index in [2.05, 4.69) is 29.4 Å². The van der Waals surface area contributed by atoms with Crippen molar-refractivity contribution in [2.75, 3.05) is 5.73 Å². The molecule has 0 radical (unpaired) electrons. The standard InChI is InChI=1S/C13H24N4O/c1-7(2)6-9(5)15-13(18)12-10(14)11(8(3)4)16-17-12/h7-9H,6,14H2,1-5H3,(H,15,18)(H,16,17). The van der Waals surface area contributed by atoms with Crippen molar-refractivity contribution in [2.45, 2.75) is 53.0 Å². The molecule has 0 fully saturated rings. The molecule has 5 heteroatoms. The Morgan fingerprint density at radius 1 is 1.33 bits per heavy atom. The summed E-state index contributed by atoms with van der Waals surface area (Å²) in [4.78, 5) is 12.0. The number of H-pyrrole nitrogens is 1. The van der Waals surface area contributed by atoms with Crippen LogP contribution in [0.25, 0.3) is 0 Å². The number of hydrogen-bond donors (Lipinski definition) is 3. The summed E-state index contributed by atoms with van der Waals surface area (Å²) in [7, 11) is 0. The largest absolute Gasteiger partial charge is 0.395 e. The maximum Gasteiger partial charge on any atom is 0.274 e. The van der Waals surface area contributed by atoms with E-state index in [9.17, 15) is 4.79 Å². The normalized spacial score (nSPS) is 13.1. The van der Waals surface area contributed by atoms with E-state index in [1.165, 1.54) is 0 Å². The third-order valence-corrected chi connectivity index (χ3v) is 2.83. The van der Waals surface area contributed by atoms with Gasteiger partial charge in [0.2, 0.25) is 0 Å². The van der Waals surface area contributed by atoms with Gasteiger partial charge in [-0.25, -0.2) is 0 Å². The molecule has 1 rings (SSSR count). The fourth-order valence-corrected chi connectivity index (χ4v) is 2.04. The minimum absolute atomic E-state index is 0.121. The molecule has 0 saturated carbocycles. The summed E-state index contributed by atoms with van der Waals surface area (Å²) in [6, 6.07) is 0.121. The smallest absolute Gasteiger partial charge is 0.274 e. The van der Waals surface area contributed by atoms with Crippen LogP contribution in [0.1, 0.15) is 63.1 Å². The van der Waals surface area contributed by atoms with Crippen LogP contribution in [0.5, 0.6) is 0 Å². The second-order valence-electron chi connectivity index (χ2n) is 5.56. The van der Waals surface area contributed by atoms with Gasteiger partial charge < -0.3 is 11.1 Å². The number of amides is 1. The van der Waals surface area contributed by atoms with E-state index in [1.54, 1.807) is 0 Å². The van der Waals surface area contributed by atoms with Crippen molar-refractivity contribution in [1.82, 2.24) is 15.5 Å². The van der Waals surface area contributed by atoms with Crippen molar-refractivity contribution in [2.24, 2.45) is 5.92 Å². The number of nitrogens with zero attached hydrogens (tertiary/aromatic N) is 1. The van der Waals surface area contributed by atoms with Crippen LogP contribution in [0.3, 0.4) is 0 Å². The van der Waals surface area contributed by atoms with Crippen molar-refractivity contribution >= 4 is 11.6 Å². The van der Waals surface area contributed by atoms with Crippen LogP contribution in [0.4, 0.5) is 5.69 Å². The van der Waals surface area contributed by atoms with E-state index < -0.39 is 0 Å². The Morgan fingerprint density at radius 3 is 2.39 bits per heavy atom. The van der Waals surface area contributed by atoms with E-state index in [4.69, 9.17) is 5.73 Å². The van der Waals surface area contributed by atoms with Gasteiger partial charge >= 0.3 is 0 Å². The Bertz CT molecular complexity index is 409. The number of aromatic nitrogens is 2. The minimum Gasteiger partial charge on any atom is -0.395 e. The first-order valence-corrected chi connectivity index (χ1v) is 6.47. The molecule has 1 amide bonds. The summed E-state index contributed by atoms with van der Waals surface area (Å²) >= 11 is 0. The van der Waals surface area contributed by atoms with Crippen LogP contribution < -0.4 is 11.1 Å². The molecular weight excluding hydrogens is 228 g/mol. The molecule has 1 atom stereocenters. The highest BCUT2D eigenvalue weighted by Crippen LogP contribution is 2.22. The zero-order valence-electron chi connectivity index (χ0n) is 11.9. The number of nitrogen functional groups attached to an aromatic ring is 1. The van der Waals surface area contributed by atoms with Crippen LogP contribution in [0.2, 0.25) is 0 Å². The van der Waals surface area contributed by atoms with Crippen LogP contribution >= 0.6 is 0 Å². The number of rotatable bonds is 5. The zero-order chi connectivity index (χ0) is 13.9. The highest BCUT2D eigenvalue weighted by atomic mass is 16.2. The fraction of sp³-hybridized carbons (Fsp3) is 0.692. The second kappa shape index (κ2) is 5.89. The fourth-order valence-electron chi connectivity index (χ4n) is 2.04. The van der Waals surface area contributed by atoms with Crippen LogP contribution in [-0.4, -0.2) is 22.1 Å². The molecule has 1 heterocycles. The monoisotopic (exact) mass is 252 g/mol. The molecule has 1 aromatic heterocycles. The highest BCUT2D eigenvalue weighted by Gasteiger charge is 2.20. The Morgan fingerprint density at radius 2 is 1.94 bits per heavy atom. The van der Waals surface area contributed by atoms with Gasteiger partial charge in [0.25, 0.3) is 5.91 Å². The van der Waals surface area contributed by atoms with Crippen LogP contribution in [-0.2, 0) is 0 Å². The lowest BCUT2D eigenvalue weighted by Gasteiger charge is -2.15. The van der Waals surface area contributed by atoms with Gasteiger partial charge in [-0.3, -0.25) is 9.89 Å². The Balaban J connectivity index is 2.73. The number of carbonyl (C=O) groups excluding carboxylic acids is 1. The molecule has 1 unspecified atom stereocenters. The van der Waals surface area contributed by atoms with Gasteiger partial charge in [-0.2, -0.15) is 5.10 Å². The first-order chi connectivity index (χ1) is 8.32. The molecule has 5 nitrogen and oxygen atoms in total. The molecule has 0 spiro atoms. The summed E-state index contributed by atoms with van der Waals surface area (Å²) < 4.78 is 0. The van der Waals surface area contributed by atoms with Gasteiger partial charge in [0.1, 0.15) is 0 Å². The third-order valence-electron chi connectivity index (χ3n) is 2.83. The number of nitrogens with one attached hydrogen (secondary N) is 2. The minimum atomic E-state index is -0.205. The Labute approximate surface area is 109 Å². The van der Waals surface area contributed by atoms with Gasteiger partial charge in [0, 0.05) is 6.04 Å². The summed E-state index contributed by atoms with van der Waals surface area (Å²) in [5, 5.41) is 9.76. The van der Waals surface area contributed by atoms with Crippen molar-refractivity contribution in [1.29, 1.82) is 0 Å². The third kappa shape index (κ3) is 3.48. The summed E-state index contributed by atoms with van der Waals surface area (Å²) in [5.41, 5.74) is 7.50. The van der Waals surface area contributed by atoms with Crippen molar-refractivity contribution < 1.29 is 4.79 Å². The molecule has 0 bridgehead atoms. The van der Waals surface area contributed by atoms with Gasteiger partial charge in [-0.15, -0.1) is 0 Å². The molecule has 1 aromatic rings. The van der Waals surface area contributed by atoms with Crippen LogP contribution in [0, 0.1) is 5.92 Å². The summed E-state index contributed by atoms with van der Waals surface area (Å²) in [5.74, 6) is 0.569. The molecule has 0 aromatic carbocycles. The Hall–Kier alpha value is -1.52. The van der Waals surface area contributed by atoms with Gasteiger partial charge in [-0.1, -0.05) is 27.7 Å². The number of hydrogen-bond acceptors (Lipinski definition) is 3. The zero-order valence-corrected chi connectivity index (χ0v) is 11.9. The molecule has 4 N–H and O–H groups in total. The van der Waals surface area contributed by atoms with E-state index in [-0.39, 0.29) is 17.9 Å². The first kappa shape index (κ1) is 14.5. The molecule has 0 saturated heterocycles. The lowest BCUT2D eigenvalue weighted by molar-refractivity contribution is 0.0932. The van der Waals surface area contributed by atoms with Gasteiger partial charge in [0.05, 0.1) is 11.4 Å². The number of anilines is 1. The van der Waals surface area contributed by atoms with Gasteiger partial charge in [-0.05, 0) is 25.2 Å². The van der Waals surface area contributed by atoms with Crippen molar-refractivity contribution in [3.8, 4) is 0 Å². The SMILES string of the molecule is CC(C)CC(C)NC(=O)c1n[nH]c(C(C)C)c1N. The van der Waals surface area contributed by atoms with E-state index in [0.29, 0.717) is 17.3 Å². The van der Waals surface area contributed by atoms with Crippen LogP contribution in [0.15, 0.2) is 0 Å². The number of carbonyl (C=O) groups is 1. The first-order valence-electron chi connectivity index (χ1n) is 6.47.